The van der Waals surface area contributed by atoms with Crippen molar-refractivity contribution in [2.45, 2.75) is 26.2 Å². The van der Waals surface area contributed by atoms with Crippen molar-refractivity contribution in [2.24, 2.45) is 0 Å². The van der Waals surface area contributed by atoms with Crippen molar-refractivity contribution in [1.82, 2.24) is 9.88 Å². The molecule has 2 heterocycles. The molecule has 0 aliphatic rings. The number of aliphatic hydroxyl groups excluding tert-OH is 1. The molecule has 2 aromatic rings. The lowest BCUT2D eigenvalue weighted by atomic mass is 10.3. The minimum atomic E-state index is -0.471. The molecule has 1 unspecified atom stereocenters. The Labute approximate surface area is 127 Å². The van der Waals surface area contributed by atoms with Crippen LogP contribution in [0.4, 0.5) is 0 Å². The monoisotopic (exact) mass is 312 g/mol. The number of aromatic nitrogens is 1. The van der Waals surface area contributed by atoms with E-state index in [1.165, 1.54) is 4.88 Å². The number of nitrogens with zero attached hydrogens (tertiary/aromatic N) is 2. The number of aryl methyl sites for hydroxylation is 1. The normalized spacial score (nSPS) is 13.0. The molecule has 0 saturated carbocycles. The minimum Gasteiger partial charge on any atom is -0.389 e. The zero-order chi connectivity index (χ0) is 14.4. The van der Waals surface area contributed by atoms with Gasteiger partial charge in [0.05, 0.1) is 25.9 Å². The number of hydrogen-bond donors (Lipinski definition) is 1. The van der Waals surface area contributed by atoms with Crippen LogP contribution in [0.1, 0.15) is 15.6 Å². The summed E-state index contributed by atoms with van der Waals surface area (Å²) in [6.07, 6.45) is -0.471. The summed E-state index contributed by atoms with van der Waals surface area (Å²) in [5, 5.41) is 15.1. The standard InChI is InChI=1S/C14H20N2O2S2/c1-11-10-20-14(15-11)7-16(2)6-12(17)8-18-9-13-4-3-5-19-13/h3-5,10,12,17H,6-9H2,1-2H3. The minimum absolute atomic E-state index is 0.360. The molecule has 0 bridgehead atoms. The summed E-state index contributed by atoms with van der Waals surface area (Å²) in [6.45, 7) is 4.28. The summed E-state index contributed by atoms with van der Waals surface area (Å²) in [5.74, 6) is 0. The van der Waals surface area contributed by atoms with E-state index in [0.717, 1.165) is 17.2 Å². The maximum atomic E-state index is 9.95. The Hall–Kier alpha value is -0.790. The molecular weight excluding hydrogens is 292 g/mol. The van der Waals surface area contributed by atoms with E-state index in [2.05, 4.69) is 9.88 Å². The van der Waals surface area contributed by atoms with Crippen molar-refractivity contribution in [3.05, 3.63) is 38.5 Å². The average molecular weight is 312 g/mol. The summed E-state index contributed by atoms with van der Waals surface area (Å²) in [6, 6.07) is 4.04. The zero-order valence-corrected chi connectivity index (χ0v) is 13.4. The van der Waals surface area contributed by atoms with Gasteiger partial charge in [0.1, 0.15) is 5.01 Å². The maximum Gasteiger partial charge on any atom is 0.107 e. The molecule has 0 spiro atoms. The first-order chi connectivity index (χ1) is 9.63. The molecule has 0 radical (unpaired) electrons. The molecule has 0 fully saturated rings. The predicted molar refractivity (Wildman–Crippen MR) is 83.2 cm³/mol. The second-order valence-corrected chi connectivity index (χ2v) is 6.80. The summed E-state index contributed by atoms with van der Waals surface area (Å²) in [5.41, 5.74) is 1.05. The molecule has 110 valence electrons. The highest BCUT2D eigenvalue weighted by molar-refractivity contribution is 7.10. The van der Waals surface area contributed by atoms with Crippen LogP contribution in [0.25, 0.3) is 0 Å². The van der Waals surface area contributed by atoms with Gasteiger partial charge in [-0.3, -0.25) is 4.90 Å². The van der Waals surface area contributed by atoms with Gasteiger partial charge in [-0.05, 0) is 25.4 Å². The first-order valence-corrected chi connectivity index (χ1v) is 8.27. The Morgan fingerprint density at radius 3 is 2.95 bits per heavy atom. The van der Waals surface area contributed by atoms with Gasteiger partial charge in [-0.1, -0.05) is 6.07 Å². The van der Waals surface area contributed by atoms with E-state index in [-0.39, 0.29) is 0 Å². The number of hydrogen-bond acceptors (Lipinski definition) is 6. The Bertz CT molecular complexity index is 499. The molecule has 0 aromatic carbocycles. The molecule has 1 atom stereocenters. The lowest BCUT2D eigenvalue weighted by Gasteiger charge is -2.19. The van der Waals surface area contributed by atoms with E-state index in [1.807, 2.05) is 36.9 Å². The molecule has 6 heteroatoms. The maximum absolute atomic E-state index is 9.95. The van der Waals surface area contributed by atoms with Gasteiger partial charge in [0.2, 0.25) is 0 Å². The lowest BCUT2D eigenvalue weighted by Crippen LogP contribution is -2.31. The fraction of sp³-hybridized carbons (Fsp3) is 0.500. The van der Waals surface area contributed by atoms with Gasteiger partial charge in [-0.2, -0.15) is 0 Å². The Kier molecular flexibility index (Phi) is 6.12. The SMILES string of the molecule is Cc1csc(CN(C)CC(O)COCc2cccs2)n1. The zero-order valence-electron chi connectivity index (χ0n) is 11.8. The van der Waals surface area contributed by atoms with Crippen LogP contribution in [-0.2, 0) is 17.9 Å². The molecule has 1 N–H and O–H groups in total. The van der Waals surface area contributed by atoms with Crippen molar-refractivity contribution in [1.29, 1.82) is 0 Å². The van der Waals surface area contributed by atoms with Gasteiger partial charge in [-0.25, -0.2) is 4.98 Å². The third-order valence-electron chi connectivity index (χ3n) is 2.73. The molecular formula is C14H20N2O2S2. The molecule has 20 heavy (non-hydrogen) atoms. The molecule has 2 rings (SSSR count). The van der Waals surface area contributed by atoms with Crippen molar-refractivity contribution in [3.63, 3.8) is 0 Å². The van der Waals surface area contributed by atoms with Gasteiger partial charge in [0.15, 0.2) is 0 Å². The third kappa shape index (κ3) is 5.30. The highest BCUT2D eigenvalue weighted by atomic mass is 32.1. The molecule has 0 aliphatic carbocycles. The summed E-state index contributed by atoms with van der Waals surface area (Å²) in [4.78, 5) is 7.67. The predicted octanol–water partition coefficient (Wildman–Crippen LogP) is 2.52. The van der Waals surface area contributed by atoms with Gasteiger partial charge in [0.25, 0.3) is 0 Å². The van der Waals surface area contributed by atoms with Crippen molar-refractivity contribution < 1.29 is 9.84 Å². The highest BCUT2D eigenvalue weighted by Gasteiger charge is 2.10. The van der Waals surface area contributed by atoms with E-state index in [1.54, 1.807) is 22.7 Å². The lowest BCUT2D eigenvalue weighted by molar-refractivity contribution is 0.0135. The molecule has 4 nitrogen and oxygen atoms in total. The average Bonchev–Trinajstić information content (AvgIpc) is 3.01. The molecule has 2 aromatic heterocycles. The second-order valence-electron chi connectivity index (χ2n) is 4.83. The van der Waals surface area contributed by atoms with Crippen LogP contribution in [0.5, 0.6) is 0 Å². The summed E-state index contributed by atoms with van der Waals surface area (Å²) >= 11 is 3.33. The number of thiophene rings is 1. The number of ether oxygens (including phenoxy) is 1. The highest BCUT2D eigenvalue weighted by Crippen LogP contribution is 2.12. The van der Waals surface area contributed by atoms with E-state index in [4.69, 9.17) is 4.74 Å². The van der Waals surface area contributed by atoms with Crippen LogP contribution in [0, 0.1) is 6.92 Å². The van der Waals surface area contributed by atoms with Gasteiger partial charge >= 0.3 is 0 Å². The van der Waals surface area contributed by atoms with Crippen molar-refractivity contribution in [3.8, 4) is 0 Å². The van der Waals surface area contributed by atoms with Crippen molar-refractivity contribution >= 4 is 22.7 Å². The Balaban J connectivity index is 1.64. The van der Waals surface area contributed by atoms with Crippen LogP contribution >= 0.6 is 22.7 Å². The van der Waals surface area contributed by atoms with Crippen LogP contribution in [-0.4, -0.2) is 41.3 Å². The van der Waals surface area contributed by atoms with E-state index in [0.29, 0.717) is 19.8 Å². The number of rotatable bonds is 8. The Morgan fingerprint density at radius 2 is 2.30 bits per heavy atom. The second kappa shape index (κ2) is 7.85. The quantitative estimate of drug-likeness (QED) is 0.813. The van der Waals surface area contributed by atoms with Gasteiger partial charge < -0.3 is 9.84 Å². The number of thiazole rings is 1. The van der Waals surface area contributed by atoms with E-state index >= 15 is 0 Å². The van der Waals surface area contributed by atoms with Crippen LogP contribution in [0.15, 0.2) is 22.9 Å². The fourth-order valence-corrected chi connectivity index (χ4v) is 3.36. The fourth-order valence-electron chi connectivity index (χ4n) is 1.87. The Morgan fingerprint density at radius 1 is 1.45 bits per heavy atom. The van der Waals surface area contributed by atoms with E-state index < -0.39 is 6.10 Å². The molecule has 0 amide bonds. The van der Waals surface area contributed by atoms with Gasteiger partial charge in [-0.15, -0.1) is 22.7 Å². The number of likely N-dealkylation sites (N-methyl/N-ethyl adjacent to an activating group) is 1. The topological polar surface area (TPSA) is 45.6 Å². The summed E-state index contributed by atoms with van der Waals surface area (Å²) < 4.78 is 5.52. The van der Waals surface area contributed by atoms with E-state index in [9.17, 15) is 5.11 Å². The molecule has 0 aliphatic heterocycles. The smallest absolute Gasteiger partial charge is 0.107 e. The van der Waals surface area contributed by atoms with Crippen LogP contribution < -0.4 is 0 Å². The first-order valence-electron chi connectivity index (χ1n) is 6.51. The largest absolute Gasteiger partial charge is 0.389 e. The van der Waals surface area contributed by atoms with Gasteiger partial charge in [0, 0.05) is 22.5 Å². The summed E-state index contributed by atoms with van der Waals surface area (Å²) in [7, 11) is 1.99. The van der Waals surface area contributed by atoms with Crippen LogP contribution in [0.3, 0.4) is 0 Å². The number of aliphatic hydroxyl groups is 1. The van der Waals surface area contributed by atoms with Crippen LogP contribution in [0.2, 0.25) is 0 Å². The third-order valence-corrected chi connectivity index (χ3v) is 4.53. The van der Waals surface area contributed by atoms with Crippen molar-refractivity contribution in [2.75, 3.05) is 20.2 Å². The molecule has 0 saturated heterocycles. The first kappa shape index (κ1) is 15.6.